The van der Waals surface area contributed by atoms with Gasteiger partial charge in [0.15, 0.2) is 5.78 Å². The minimum Gasteiger partial charge on any atom is -0.293 e. The topological polar surface area (TPSA) is 34.9 Å². The number of benzene rings is 1. The summed E-state index contributed by atoms with van der Waals surface area (Å²) in [5.41, 5.74) is 1.66. The summed E-state index contributed by atoms with van der Waals surface area (Å²) in [5.74, 6) is 0.0852. The van der Waals surface area contributed by atoms with Crippen molar-refractivity contribution in [1.82, 2.24) is 9.78 Å². The average Bonchev–Trinajstić information content (AvgIpc) is 2.82. The van der Waals surface area contributed by atoms with Crippen LogP contribution in [0.1, 0.15) is 10.4 Å². The predicted molar refractivity (Wildman–Crippen MR) is 61.7 cm³/mol. The summed E-state index contributed by atoms with van der Waals surface area (Å²) >= 11 is 3.14. The zero-order valence-corrected chi connectivity index (χ0v) is 9.52. The van der Waals surface area contributed by atoms with Gasteiger partial charge in [-0.2, -0.15) is 5.10 Å². The van der Waals surface area contributed by atoms with Crippen LogP contribution in [-0.2, 0) is 0 Å². The molecule has 76 valence electrons. The van der Waals surface area contributed by atoms with Crippen molar-refractivity contribution in [2.75, 3.05) is 5.33 Å². The van der Waals surface area contributed by atoms with E-state index in [2.05, 4.69) is 21.0 Å². The Morgan fingerprint density at radius 3 is 2.60 bits per heavy atom. The molecule has 4 heteroatoms. The van der Waals surface area contributed by atoms with Crippen molar-refractivity contribution in [2.24, 2.45) is 0 Å². The Morgan fingerprint density at radius 1 is 1.33 bits per heavy atom. The van der Waals surface area contributed by atoms with Gasteiger partial charge in [0.05, 0.1) is 11.0 Å². The van der Waals surface area contributed by atoms with E-state index >= 15 is 0 Å². The Bertz CT molecular complexity index is 448. The highest BCUT2D eigenvalue weighted by Gasteiger charge is 2.03. The first-order valence-corrected chi connectivity index (χ1v) is 5.62. The number of rotatable bonds is 3. The van der Waals surface area contributed by atoms with Crippen molar-refractivity contribution < 1.29 is 4.79 Å². The van der Waals surface area contributed by atoms with Crippen molar-refractivity contribution in [3.8, 4) is 5.69 Å². The number of nitrogens with zero attached hydrogens (tertiary/aromatic N) is 2. The number of alkyl halides is 1. The first-order chi connectivity index (χ1) is 7.31. The molecule has 3 nitrogen and oxygen atoms in total. The van der Waals surface area contributed by atoms with Crippen LogP contribution in [0, 0.1) is 0 Å². The molecule has 0 saturated heterocycles. The average molecular weight is 265 g/mol. The minimum atomic E-state index is 0.0852. The molecule has 0 fully saturated rings. The van der Waals surface area contributed by atoms with E-state index in [-0.39, 0.29) is 5.78 Å². The molecule has 2 rings (SSSR count). The highest BCUT2D eigenvalue weighted by Crippen LogP contribution is 2.09. The van der Waals surface area contributed by atoms with Crippen LogP contribution < -0.4 is 0 Å². The lowest BCUT2D eigenvalue weighted by molar-refractivity contribution is 0.102. The Labute approximate surface area is 95.9 Å². The van der Waals surface area contributed by atoms with E-state index in [1.807, 2.05) is 24.4 Å². The number of hydrogen-bond acceptors (Lipinski definition) is 2. The van der Waals surface area contributed by atoms with Gasteiger partial charge in [-0.3, -0.25) is 4.79 Å². The van der Waals surface area contributed by atoms with Crippen LogP contribution in [0.2, 0.25) is 0 Å². The summed E-state index contributed by atoms with van der Waals surface area (Å²) in [6.07, 6.45) is 3.58. The van der Waals surface area contributed by atoms with Crippen LogP contribution in [0.15, 0.2) is 42.7 Å². The fourth-order valence-electron chi connectivity index (χ4n) is 1.30. The molecule has 2 aromatic rings. The molecule has 15 heavy (non-hydrogen) atoms. The monoisotopic (exact) mass is 264 g/mol. The van der Waals surface area contributed by atoms with Gasteiger partial charge in [0.2, 0.25) is 0 Å². The number of carbonyl (C=O) groups is 1. The number of carbonyl (C=O) groups excluding carboxylic acids is 1. The van der Waals surface area contributed by atoms with Gasteiger partial charge < -0.3 is 0 Å². The zero-order chi connectivity index (χ0) is 10.7. The Morgan fingerprint density at radius 2 is 2.07 bits per heavy atom. The highest BCUT2D eigenvalue weighted by atomic mass is 79.9. The molecular weight excluding hydrogens is 256 g/mol. The van der Waals surface area contributed by atoms with Gasteiger partial charge in [0.1, 0.15) is 0 Å². The summed E-state index contributed by atoms with van der Waals surface area (Å²) in [6, 6.07) is 9.23. The second-order valence-electron chi connectivity index (χ2n) is 3.05. The van der Waals surface area contributed by atoms with Gasteiger partial charge in [0, 0.05) is 18.0 Å². The molecule has 0 aliphatic heterocycles. The number of hydrogen-bond donors (Lipinski definition) is 0. The fraction of sp³-hybridized carbons (Fsp3) is 0.0909. The fourth-order valence-corrected chi connectivity index (χ4v) is 1.62. The first kappa shape index (κ1) is 10.1. The number of halogens is 1. The third kappa shape index (κ3) is 2.15. The molecule has 0 bridgehead atoms. The number of ketones is 1. The van der Waals surface area contributed by atoms with Crippen LogP contribution in [0.5, 0.6) is 0 Å². The second kappa shape index (κ2) is 4.40. The summed E-state index contributed by atoms with van der Waals surface area (Å²) in [6.45, 7) is 0. The predicted octanol–water partition coefficient (Wildman–Crippen LogP) is 2.45. The summed E-state index contributed by atoms with van der Waals surface area (Å²) in [7, 11) is 0. The van der Waals surface area contributed by atoms with Crippen molar-refractivity contribution >= 4 is 21.7 Å². The van der Waals surface area contributed by atoms with Gasteiger partial charge in [-0.1, -0.05) is 15.9 Å². The lowest BCUT2D eigenvalue weighted by Gasteiger charge is -2.02. The molecule has 0 unspecified atom stereocenters. The summed E-state index contributed by atoms with van der Waals surface area (Å²) in [5, 5.41) is 4.46. The van der Waals surface area contributed by atoms with E-state index in [9.17, 15) is 4.79 Å². The summed E-state index contributed by atoms with van der Waals surface area (Å²) < 4.78 is 1.75. The van der Waals surface area contributed by atoms with E-state index < -0.39 is 0 Å². The molecule has 0 amide bonds. The van der Waals surface area contributed by atoms with Crippen LogP contribution in [0.4, 0.5) is 0 Å². The molecule has 0 aliphatic rings. The van der Waals surface area contributed by atoms with E-state index in [1.165, 1.54) is 0 Å². The molecular formula is C11H9BrN2O. The largest absolute Gasteiger partial charge is 0.293 e. The van der Waals surface area contributed by atoms with Gasteiger partial charge in [-0.25, -0.2) is 4.68 Å². The minimum absolute atomic E-state index is 0.0852. The molecule has 1 aromatic carbocycles. The third-order valence-electron chi connectivity index (χ3n) is 2.08. The maximum absolute atomic E-state index is 11.3. The quantitative estimate of drug-likeness (QED) is 0.631. The lowest BCUT2D eigenvalue weighted by Crippen LogP contribution is -2.00. The molecule has 0 atom stereocenters. The zero-order valence-electron chi connectivity index (χ0n) is 7.93. The van der Waals surface area contributed by atoms with Crippen LogP contribution >= 0.6 is 15.9 Å². The standard InChI is InChI=1S/C11H9BrN2O/c12-8-11(15)9-2-4-10(5-3-9)14-7-1-6-13-14/h1-7H,8H2. The van der Waals surface area contributed by atoms with E-state index in [0.29, 0.717) is 10.9 Å². The SMILES string of the molecule is O=C(CBr)c1ccc(-n2cccn2)cc1. The maximum Gasteiger partial charge on any atom is 0.173 e. The number of Topliss-reactive ketones (excluding diaryl/α,β-unsaturated/α-hetero) is 1. The Hall–Kier alpha value is -1.42. The van der Waals surface area contributed by atoms with Crippen molar-refractivity contribution in [1.29, 1.82) is 0 Å². The summed E-state index contributed by atoms with van der Waals surface area (Å²) in [4.78, 5) is 11.3. The van der Waals surface area contributed by atoms with E-state index in [0.717, 1.165) is 5.69 Å². The van der Waals surface area contributed by atoms with Gasteiger partial charge in [-0.05, 0) is 30.3 Å². The van der Waals surface area contributed by atoms with Crippen molar-refractivity contribution in [2.45, 2.75) is 0 Å². The van der Waals surface area contributed by atoms with Crippen LogP contribution in [-0.4, -0.2) is 20.9 Å². The smallest absolute Gasteiger partial charge is 0.173 e. The molecule has 0 N–H and O–H groups in total. The lowest BCUT2D eigenvalue weighted by atomic mass is 10.1. The first-order valence-electron chi connectivity index (χ1n) is 4.50. The van der Waals surface area contributed by atoms with E-state index in [4.69, 9.17) is 0 Å². The molecule has 0 radical (unpaired) electrons. The van der Waals surface area contributed by atoms with Crippen molar-refractivity contribution in [3.05, 3.63) is 48.3 Å². The number of aromatic nitrogens is 2. The molecule has 1 aromatic heterocycles. The molecule has 0 saturated carbocycles. The molecule has 1 heterocycles. The highest BCUT2D eigenvalue weighted by molar-refractivity contribution is 9.09. The van der Waals surface area contributed by atoms with E-state index in [1.54, 1.807) is 23.0 Å². The third-order valence-corrected chi connectivity index (χ3v) is 2.59. The molecule has 0 aliphatic carbocycles. The Kier molecular flexibility index (Phi) is 2.97. The van der Waals surface area contributed by atoms with Crippen LogP contribution in [0.3, 0.4) is 0 Å². The maximum atomic E-state index is 11.3. The van der Waals surface area contributed by atoms with Gasteiger partial charge >= 0.3 is 0 Å². The molecule has 0 spiro atoms. The van der Waals surface area contributed by atoms with Crippen molar-refractivity contribution in [3.63, 3.8) is 0 Å². The Balaban J connectivity index is 2.29. The van der Waals surface area contributed by atoms with Crippen LogP contribution in [0.25, 0.3) is 5.69 Å². The van der Waals surface area contributed by atoms with Gasteiger partial charge in [0.25, 0.3) is 0 Å². The second-order valence-corrected chi connectivity index (χ2v) is 3.62. The van der Waals surface area contributed by atoms with Gasteiger partial charge in [-0.15, -0.1) is 0 Å². The normalized spacial score (nSPS) is 10.2.